The van der Waals surface area contributed by atoms with E-state index < -0.39 is 0 Å². The number of ether oxygens (including phenoxy) is 3. The normalized spacial score (nSPS) is 11.5. The lowest BCUT2D eigenvalue weighted by molar-refractivity contribution is -0.120. The van der Waals surface area contributed by atoms with Gasteiger partial charge in [-0.3, -0.25) is 4.79 Å². The second-order valence-electron chi connectivity index (χ2n) is 5.83. The Morgan fingerprint density at radius 2 is 1.60 bits per heavy atom. The minimum absolute atomic E-state index is 0.0444. The number of carbonyl (C=O) groups is 1. The third-order valence-electron chi connectivity index (χ3n) is 4.06. The van der Waals surface area contributed by atoms with E-state index >= 15 is 0 Å². The molecule has 2 aromatic carbocycles. The van der Waals surface area contributed by atoms with Gasteiger partial charge in [-0.2, -0.15) is 0 Å². The maximum absolute atomic E-state index is 12.3. The van der Waals surface area contributed by atoms with Crippen LogP contribution in [-0.4, -0.2) is 33.8 Å². The fourth-order valence-electron chi connectivity index (χ4n) is 2.65. The van der Waals surface area contributed by atoms with Crippen LogP contribution < -0.4 is 19.5 Å². The van der Waals surface area contributed by atoms with Crippen LogP contribution in [0.3, 0.4) is 0 Å². The standard InChI is InChI=1S/C20H25NO4/c1-14(16-8-6-5-7-9-16)13-21-19(22)12-15-10-17(23-2)20(25-4)18(11-15)24-3/h5-11,14H,12-13H2,1-4H3,(H,21,22)/t14-/m0/s1. The van der Waals surface area contributed by atoms with Gasteiger partial charge in [-0.25, -0.2) is 0 Å². The molecule has 0 fully saturated rings. The Hall–Kier alpha value is -2.69. The number of hydrogen-bond donors (Lipinski definition) is 1. The van der Waals surface area contributed by atoms with Gasteiger partial charge in [0.15, 0.2) is 11.5 Å². The molecular formula is C20H25NO4. The number of amides is 1. The Morgan fingerprint density at radius 3 is 2.12 bits per heavy atom. The van der Waals surface area contributed by atoms with Crippen molar-refractivity contribution < 1.29 is 19.0 Å². The molecule has 2 aromatic rings. The molecule has 0 unspecified atom stereocenters. The van der Waals surface area contributed by atoms with Crippen LogP contribution in [0.4, 0.5) is 0 Å². The number of methoxy groups -OCH3 is 3. The highest BCUT2D eigenvalue weighted by Gasteiger charge is 2.15. The number of hydrogen-bond acceptors (Lipinski definition) is 4. The molecule has 5 nitrogen and oxygen atoms in total. The summed E-state index contributed by atoms with van der Waals surface area (Å²) in [5, 5.41) is 2.98. The van der Waals surface area contributed by atoms with Crippen molar-refractivity contribution in [3.63, 3.8) is 0 Å². The molecule has 0 aliphatic rings. The summed E-state index contributed by atoms with van der Waals surface area (Å²) in [5.74, 6) is 1.82. The molecule has 2 rings (SSSR count). The summed E-state index contributed by atoms with van der Waals surface area (Å²) in [6, 6.07) is 13.7. The maximum atomic E-state index is 12.3. The first-order chi connectivity index (χ1) is 12.1. The molecule has 0 aliphatic heterocycles. The van der Waals surface area contributed by atoms with E-state index in [1.807, 2.05) is 18.2 Å². The second-order valence-corrected chi connectivity index (χ2v) is 5.83. The van der Waals surface area contributed by atoms with Crippen molar-refractivity contribution in [2.75, 3.05) is 27.9 Å². The topological polar surface area (TPSA) is 56.8 Å². The molecule has 0 bridgehead atoms. The molecule has 0 heterocycles. The Kier molecular flexibility index (Phi) is 6.69. The SMILES string of the molecule is COc1cc(CC(=O)NC[C@H](C)c2ccccc2)cc(OC)c1OC. The minimum atomic E-state index is -0.0444. The fourth-order valence-corrected chi connectivity index (χ4v) is 2.65. The minimum Gasteiger partial charge on any atom is -0.493 e. The molecule has 5 heteroatoms. The van der Waals surface area contributed by atoms with Crippen LogP contribution in [0, 0.1) is 0 Å². The average molecular weight is 343 g/mol. The zero-order chi connectivity index (χ0) is 18.2. The second kappa shape index (κ2) is 8.97. The van der Waals surface area contributed by atoms with Crippen LogP contribution in [0.2, 0.25) is 0 Å². The van der Waals surface area contributed by atoms with Gasteiger partial charge in [0.05, 0.1) is 27.8 Å². The third kappa shape index (κ3) is 4.89. The highest BCUT2D eigenvalue weighted by molar-refractivity contribution is 5.79. The van der Waals surface area contributed by atoms with E-state index in [1.165, 1.54) is 5.56 Å². The Morgan fingerprint density at radius 1 is 1.00 bits per heavy atom. The summed E-state index contributed by atoms with van der Waals surface area (Å²) in [5.41, 5.74) is 2.01. The summed E-state index contributed by atoms with van der Waals surface area (Å²) in [6.45, 7) is 2.68. The lowest BCUT2D eigenvalue weighted by Crippen LogP contribution is -2.28. The molecule has 134 valence electrons. The van der Waals surface area contributed by atoms with E-state index in [1.54, 1.807) is 33.5 Å². The van der Waals surface area contributed by atoms with Gasteiger partial charge in [-0.15, -0.1) is 0 Å². The van der Waals surface area contributed by atoms with Crippen LogP contribution in [0.5, 0.6) is 17.2 Å². The van der Waals surface area contributed by atoms with E-state index in [0.717, 1.165) is 5.56 Å². The molecule has 1 amide bonds. The van der Waals surface area contributed by atoms with Crippen LogP contribution in [0.1, 0.15) is 24.0 Å². The lowest BCUT2D eigenvalue weighted by atomic mass is 10.0. The predicted octanol–water partition coefficient (Wildman–Crippen LogP) is 3.17. The predicted molar refractivity (Wildman–Crippen MR) is 97.7 cm³/mol. The van der Waals surface area contributed by atoms with Crippen molar-refractivity contribution >= 4 is 5.91 Å². The van der Waals surface area contributed by atoms with Crippen molar-refractivity contribution in [3.05, 3.63) is 53.6 Å². The summed E-state index contributed by atoms with van der Waals surface area (Å²) in [4.78, 5) is 12.3. The van der Waals surface area contributed by atoms with Gasteiger partial charge in [0.1, 0.15) is 0 Å². The molecular weight excluding hydrogens is 318 g/mol. The number of carbonyl (C=O) groups excluding carboxylic acids is 1. The average Bonchev–Trinajstić information content (AvgIpc) is 2.65. The van der Waals surface area contributed by atoms with E-state index in [-0.39, 0.29) is 18.2 Å². The largest absolute Gasteiger partial charge is 0.493 e. The van der Waals surface area contributed by atoms with Crippen molar-refractivity contribution in [3.8, 4) is 17.2 Å². The number of rotatable bonds is 8. The van der Waals surface area contributed by atoms with E-state index in [9.17, 15) is 4.79 Å². The zero-order valence-electron chi connectivity index (χ0n) is 15.2. The molecule has 0 saturated heterocycles. The highest BCUT2D eigenvalue weighted by Crippen LogP contribution is 2.38. The molecule has 0 aliphatic carbocycles. The lowest BCUT2D eigenvalue weighted by Gasteiger charge is -2.15. The summed E-state index contributed by atoms with van der Waals surface area (Å²) in [6.07, 6.45) is 0.248. The first kappa shape index (κ1) is 18.6. The Labute approximate surface area is 148 Å². The third-order valence-corrected chi connectivity index (χ3v) is 4.06. The Bertz CT molecular complexity index is 675. The van der Waals surface area contributed by atoms with Gasteiger partial charge in [0.25, 0.3) is 0 Å². The molecule has 0 aromatic heterocycles. The first-order valence-electron chi connectivity index (χ1n) is 8.19. The maximum Gasteiger partial charge on any atom is 0.224 e. The van der Waals surface area contributed by atoms with E-state index in [4.69, 9.17) is 14.2 Å². The summed E-state index contributed by atoms with van der Waals surface area (Å²) < 4.78 is 15.9. The number of benzene rings is 2. The first-order valence-corrected chi connectivity index (χ1v) is 8.19. The monoisotopic (exact) mass is 343 g/mol. The molecule has 25 heavy (non-hydrogen) atoms. The summed E-state index contributed by atoms with van der Waals surface area (Å²) >= 11 is 0. The van der Waals surface area contributed by atoms with Crippen LogP contribution in [-0.2, 0) is 11.2 Å². The van der Waals surface area contributed by atoms with E-state index in [2.05, 4.69) is 24.4 Å². The molecule has 0 saturated carbocycles. The van der Waals surface area contributed by atoms with Gasteiger partial charge >= 0.3 is 0 Å². The molecule has 0 radical (unpaired) electrons. The van der Waals surface area contributed by atoms with Gasteiger partial charge in [-0.05, 0) is 29.2 Å². The molecule has 1 N–H and O–H groups in total. The smallest absolute Gasteiger partial charge is 0.224 e. The Balaban J connectivity index is 2.00. The van der Waals surface area contributed by atoms with Crippen LogP contribution in [0.15, 0.2) is 42.5 Å². The van der Waals surface area contributed by atoms with Crippen molar-refractivity contribution in [2.24, 2.45) is 0 Å². The number of nitrogens with one attached hydrogen (secondary N) is 1. The van der Waals surface area contributed by atoms with E-state index in [0.29, 0.717) is 23.8 Å². The van der Waals surface area contributed by atoms with Crippen LogP contribution >= 0.6 is 0 Å². The molecule has 1 atom stereocenters. The summed E-state index contributed by atoms with van der Waals surface area (Å²) in [7, 11) is 4.67. The zero-order valence-corrected chi connectivity index (χ0v) is 15.2. The quantitative estimate of drug-likeness (QED) is 0.800. The van der Waals surface area contributed by atoms with Crippen LogP contribution in [0.25, 0.3) is 0 Å². The van der Waals surface area contributed by atoms with Gasteiger partial charge in [-0.1, -0.05) is 37.3 Å². The van der Waals surface area contributed by atoms with Crippen molar-refractivity contribution in [2.45, 2.75) is 19.3 Å². The van der Waals surface area contributed by atoms with Gasteiger partial charge in [0, 0.05) is 6.54 Å². The van der Waals surface area contributed by atoms with Gasteiger partial charge < -0.3 is 19.5 Å². The van der Waals surface area contributed by atoms with Crippen molar-refractivity contribution in [1.82, 2.24) is 5.32 Å². The van der Waals surface area contributed by atoms with Crippen molar-refractivity contribution in [1.29, 1.82) is 0 Å². The fraction of sp³-hybridized carbons (Fsp3) is 0.350. The highest BCUT2D eigenvalue weighted by atomic mass is 16.5. The van der Waals surface area contributed by atoms with Gasteiger partial charge in [0.2, 0.25) is 11.7 Å². The molecule has 0 spiro atoms.